The second kappa shape index (κ2) is 8.49. The lowest BCUT2D eigenvalue weighted by Gasteiger charge is -2.24. The van der Waals surface area contributed by atoms with Crippen molar-refractivity contribution in [2.24, 2.45) is 17.1 Å². The summed E-state index contributed by atoms with van der Waals surface area (Å²) in [7, 11) is 0. The van der Waals surface area contributed by atoms with E-state index in [9.17, 15) is 14.4 Å². The monoisotopic (exact) mass is 301 g/mol. The summed E-state index contributed by atoms with van der Waals surface area (Å²) in [6.07, 6.45) is 1.30. The molecule has 0 aliphatic carbocycles. The van der Waals surface area contributed by atoms with Gasteiger partial charge in [0, 0.05) is 13.0 Å². The molecule has 0 aliphatic rings. The predicted molar refractivity (Wildman–Crippen MR) is 79.6 cm³/mol. The largest absolute Gasteiger partial charge is 0.481 e. The zero-order valence-corrected chi connectivity index (χ0v) is 13.2. The SMILES string of the molecule is CC(C)C(NC(=O)NCCC(C)(C)CCC(=O)O)C(N)=O. The van der Waals surface area contributed by atoms with Gasteiger partial charge in [-0.3, -0.25) is 9.59 Å². The first-order chi connectivity index (χ1) is 9.55. The van der Waals surface area contributed by atoms with Gasteiger partial charge < -0.3 is 21.5 Å². The second-order valence-corrected chi connectivity index (χ2v) is 6.33. The van der Waals surface area contributed by atoms with Crippen LogP contribution in [0.25, 0.3) is 0 Å². The molecule has 0 bridgehead atoms. The van der Waals surface area contributed by atoms with Crippen LogP contribution in [-0.2, 0) is 9.59 Å². The zero-order valence-electron chi connectivity index (χ0n) is 13.2. The molecule has 0 fully saturated rings. The zero-order chi connectivity index (χ0) is 16.6. The second-order valence-electron chi connectivity index (χ2n) is 6.33. The molecule has 7 heteroatoms. The summed E-state index contributed by atoms with van der Waals surface area (Å²) in [5, 5.41) is 13.9. The highest BCUT2D eigenvalue weighted by atomic mass is 16.4. The first-order valence-corrected chi connectivity index (χ1v) is 7.10. The Hall–Kier alpha value is -1.79. The van der Waals surface area contributed by atoms with E-state index in [2.05, 4.69) is 10.6 Å². The number of hydrogen-bond donors (Lipinski definition) is 4. The van der Waals surface area contributed by atoms with Gasteiger partial charge in [0.2, 0.25) is 5.91 Å². The van der Waals surface area contributed by atoms with Crippen LogP contribution in [0.4, 0.5) is 4.79 Å². The van der Waals surface area contributed by atoms with Gasteiger partial charge in [-0.1, -0.05) is 27.7 Å². The minimum absolute atomic E-state index is 0.0831. The smallest absolute Gasteiger partial charge is 0.315 e. The van der Waals surface area contributed by atoms with Crippen molar-refractivity contribution in [1.82, 2.24) is 10.6 Å². The Bertz CT molecular complexity index is 380. The highest BCUT2D eigenvalue weighted by molar-refractivity contribution is 5.86. The fourth-order valence-electron chi connectivity index (χ4n) is 1.84. The number of carboxylic acid groups (broad SMARTS) is 1. The standard InChI is InChI=1S/C14H27N3O4/c1-9(2)11(12(15)20)17-13(21)16-8-7-14(3,4)6-5-10(18)19/h9,11H,5-8H2,1-4H3,(H2,15,20)(H,18,19)(H2,16,17,21). The number of amides is 3. The van der Waals surface area contributed by atoms with Crippen molar-refractivity contribution >= 4 is 17.9 Å². The maximum absolute atomic E-state index is 11.7. The van der Waals surface area contributed by atoms with Crippen molar-refractivity contribution in [1.29, 1.82) is 0 Å². The molecule has 3 amide bonds. The van der Waals surface area contributed by atoms with Crippen molar-refractivity contribution in [3.63, 3.8) is 0 Å². The molecule has 0 saturated carbocycles. The summed E-state index contributed by atoms with van der Waals surface area (Å²) in [4.78, 5) is 33.4. The van der Waals surface area contributed by atoms with E-state index in [0.717, 1.165) is 0 Å². The molecule has 0 spiro atoms. The average molecular weight is 301 g/mol. The lowest BCUT2D eigenvalue weighted by molar-refractivity contribution is -0.137. The summed E-state index contributed by atoms with van der Waals surface area (Å²) < 4.78 is 0. The molecular formula is C14H27N3O4. The maximum atomic E-state index is 11.7. The van der Waals surface area contributed by atoms with Crippen molar-refractivity contribution in [2.75, 3.05) is 6.54 Å². The molecule has 0 aliphatic heterocycles. The molecule has 21 heavy (non-hydrogen) atoms. The summed E-state index contributed by atoms with van der Waals surface area (Å²) >= 11 is 0. The normalized spacial score (nSPS) is 12.8. The molecule has 0 aromatic heterocycles. The highest BCUT2D eigenvalue weighted by Gasteiger charge is 2.22. The fourth-order valence-corrected chi connectivity index (χ4v) is 1.84. The number of carbonyl (C=O) groups is 3. The number of hydrogen-bond acceptors (Lipinski definition) is 3. The van der Waals surface area contributed by atoms with Gasteiger partial charge in [0.25, 0.3) is 0 Å². The number of primary amides is 1. The summed E-state index contributed by atoms with van der Waals surface area (Å²) in [6, 6.07) is -1.15. The van der Waals surface area contributed by atoms with Crippen molar-refractivity contribution in [3.05, 3.63) is 0 Å². The highest BCUT2D eigenvalue weighted by Crippen LogP contribution is 2.25. The van der Waals surface area contributed by atoms with Gasteiger partial charge in [-0.25, -0.2) is 4.79 Å². The van der Waals surface area contributed by atoms with Gasteiger partial charge in [-0.2, -0.15) is 0 Å². The third-order valence-corrected chi connectivity index (χ3v) is 3.36. The van der Waals surface area contributed by atoms with Gasteiger partial charge in [-0.15, -0.1) is 0 Å². The molecule has 5 N–H and O–H groups in total. The van der Waals surface area contributed by atoms with Crippen LogP contribution in [0.2, 0.25) is 0 Å². The maximum Gasteiger partial charge on any atom is 0.315 e. The number of nitrogens with one attached hydrogen (secondary N) is 2. The minimum atomic E-state index is -0.824. The summed E-state index contributed by atoms with van der Waals surface area (Å²) in [6.45, 7) is 7.91. The fraction of sp³-hybridized carbons (Fsp3) is 0.786. The number of aliphatic carboxylic acids is 1. The molecule has 0 heterocycles. The average Bonchev–Trinajstić information content (AvgIpc) is 2.32. The molecule has 0 aromatic rings. The quantitative estimate of drug-likeness (QED) is 0.509. The van der Waals surface area contributed by atoms with Crippen LogP contribution < -0.4 is 16.4 Å². The Kier molecular flexibility index (Phi) is 7.76. The van der Waals surface area contributed by atoms with Gasteiger partial charge >= 0.3 is 12.0 Å². The van der Waals surface area contributed by atoms with E-state index in [1.807, 2.05) is 13.8 Å². The van der Waals surface area contributed by atoms with Crippen LogP contribution >= 0.6 is 0 Å². The first kappa shape index (κ1) is 19.2. The molecule has 0 saturated heterocycles. The van der Waals surface area contributed by atoms with Crippen LogP contribution in [0, 0.1) is 11.3 Å². The van der Waals surface area contributed by atoms with Crippen molar-refractivity contribution < 1.29 is 19.5 Å². The minimum Gasteiger partial charge on any atom is -0.481 e. The first-order valence-electron chi connectivity index (χ1n) is 7.10. The summed E-state index contributed by atoms with van der Waals surface area (Å²) in [5.41, 5.74) is 5.04. The van der Waals surface area contributed by atoms with Crippen LogP contribution in [0.15, 0.2) is 0 Å². The Morgan fingerprint density at radius 2 is 1.76 bits per heavy atom. The third kappa shape index (κ3) is 8.88. The van der Waals surface area contributed by atoms with Crippen LogP contribution in [0.1, 0.15) is 47.0 Å². The van der Waals surface area contributed by atoms with E-state index < -0.39 is 23.9 Å². The molecule has 7 nitrogen and oxygen atoms in total. The van der Waals surface area contributed by atoms with Crippen LogP contribution in [-0.4, -0.2) is 35.6 Å². The Morgan fingerprint density at radius 1 is 1.19 bits per heavy atom. The van der Waals surface area contributed by atoms with E-state index in [-0.39, 0.29) is 17.8 Å². The number of nitrogens with two attached hydrogens (primary N) is 1. The van der Waals surface area contributed by atoms with Gasteiger partial charge in [0.1, 0.15) is 6.04 Å². The summed E-state index contributed by atoms with van der Waals surface area (Å²) in [5.74, 6) is -1.47. The van der Waals surface area contributed by atoms with E-state index in [0.29, 0.717) is 19.4 Å². The third-order valence-electron chi connectivity index (χ3n) is 3.36. The van der Waals surface area contributed by atoms with Crippen molar-refractivity contribution in [3.8, 4) is 0 Å². The lowest BCUT2D eigenvalue weighted by Crippen LogP contribution is -2.51. The lowest BCUT2D eigenvalue weighted by atomic mass is 9.84. The van der Waals surface area contributed by atoms with Crippen LogP contribution in [0.5, 0.6) is 0 Å². The topological polar surface area (TPSA) is 122 Å². The molecule has 0 rings (SSSR count). The van der Waals surface area contributed by atoms with E-state index >= 15 is 0 Å². The molecule has 0 aromatic carbocycles. The van der Waals surface area contributed by atoms with E-state index in [1.54, 1.807) is 13.8 Å². The number of rotatable bonds is 9. The molecular weight excluding hydrogens is 274 g/mol. The Morgan fingerprint density at radius 3 is 2.19 bits per heavy atom. The van der Waals surface area contributed by atoms with E-state index in [1.165, 1.54) is 0 Å². The molecule has 1 unspecified atom stereocenters. The number of carbonyl (C=O) groups excluding carboxylic acids is 2. The van der Waals surface area contributed by atoms with Gasteiger partial charge in [0.15, 0.2) is 0 Å². The van der Waals surface area contributed by atoms with Crippen molar-refractivity contribution in [2.45, 2.75) is 53.0 Å². The number of urea groups is 1. The van der Waals surface area contributed by atoms with Gasteiger partial charge in [0.05, 0.1) is 0 Å². The predicted octanol–water partition coefficient (Wildman–Crippen LogP) is 1.08. The van der Waals surface area contributed by atoms with E-state index in [4.69, 9.17) is 10.8 Å². The molecule has 1 atom stereocenters. The van der Waals surface area contributed by atoms with Crippen LogP contribution in [0.3, 0.4) is 0 Å². The Labute approximate surface area is 125 Å². The molecule has 122 valence electrons. The van der Waals surface area contributed by atoms with Gasteiger partial charge in [-0.05, 0) is 24.2 Å². The Balaban J connectivity index is 4.13. The number of carboxylic acids is 1. The molecule has 0 radical (unpaired) electrons.